The zero-order valence-corrected chi connectivity index (χ0v) is 10.8. The van der Waals surface area contributed by atoms with Gasteiger partial charge >= 0.3 is 0 Å². The number of nitrogens with two attached hydrogens (primary N) is 1. The molecule has 1 saturated carbocycles. The van der Waals surface area contributed by atoms with Crippen LogP contribution in [0.4, 0.5) is 5.82 Å². The highest BCUT2D eigenvalue weighted by molar-refractivity contribution is 5.35. The summed E-state index contributed by atoms with van der Waals surface area (Å²) < 4.78 is 7.25. The third-order valence-corrected chi connectivity index (χ3v) is 4.16. The van der Waals surface area contributed by atoms with Gasteiger partial charge in [0.25, 0.3) is 5.54 Å². The standard InChI is InChI=1S/C13H18N4O/c1-12(2,15-3)10-4-11(14)16-17(10)9-5-13(6-9)7-18-8-13/h4,9H,5-8H2,1-2H3,(H2,14,16). The third-order valence-electron chi connectivity index (χ3n) is 4.16. The van der Waals surface area contributed by atoms with Crippen molar-refractivity contribution in [1.29, 1.82) is 0 Å². The molecular formula is C13H18N4O. The molecule has 0 atom stereocenters. The van der Waals surface area contributed by atoms with Gasteiger partial charge in [-0.15, -0.1) is 0 Å². The topological polar surface area (TPSA) is 57.4 Å². The van der Waals surface area contributed by atoms with Crippen molar-refractivity contribution in [1.82, 2.24) is 9.78 Å². The van der Waals surface area contributed by atoms with Gasteiger partial charge in [0.1, 0.15) is 11.5 Å². The van der Waals surface area contributed by atoms with Crippen molar-refractivity contribution in [2.24, 2.45) is 5.41 Å². The van der Waals surface area contributed by atoms with Gasteiger partial charge in [-0.3, -0.25) is 4.68 Å². The molecule has 0 unspecified atom stereocenters. The fraction of sp³-hybridized carbons (Fsp3) is 0.692. The number of nitrogen functional groups attached to an aromatic ring is 1. The lowest BCUT2D eigenvalue weighted by Gasteiger charge is -2.53. The third kappa shape index (κ3) is 1.52. The molecule has 5 nitrogen and oxygen atoms in total. The minimum atomic E-state index is -0.566. The maximum absolute atomic E-state index is 7.31. The van der Waals surface area contributed by atoms with Gasteiger partial charge in [0.2, 0.25) is 0 Å². The molecule has 18 heavy (non-hydrogen) atoms. The summed E-state index contributed by atoms with van der Waals surface area (Å²) in [6.07, 6.45) is 2.18. The first-order valence-electron chi connectivity index (χ1n) is 6.28. The van der Waals surface area contributed by atoms with Gasteiger partial charge < -0.3 is 15.3 Å². The number of anilines is 1. The molecule has 1 aliphatic carbocycles. The summed E-state index contributed by atoms with van der Waals surface area (Å²) in [4.78, 5) is 3.68. The summed E-state index contributed by atoms with van der Waals surface area (Å²) in [5.41, 5.74) is 6.56. The van der Waals surface area contributed by atoms with E-state index in [9.17, 15) is 0 Å². The molecule has 0 aromatic carbocycles. The van der Waals surface area contributed by atoms with Gasteiger partial charge in [-0.25, -0.2) is 6.57 Å². The Kier molecular flexibility index (Phi) is 2.23. The average molecular weight is 246 g/mol. The largest absolute Gasteiger partial charge is 0.382 e. The van der Waals surface area contributed by atoms with E-state index in [0.717, 1.165) is 31.7 Å². The summed E-state index contributed by atoms with van der Waals surface area (Å²) in [7, 11) is 0. The van der Waals surface area contributed by atoms with E-state index >= 15 is 0 Å². The van der Waals surface area contributed by atoms with E-state index in [1.807, 2.05) is 24.6 Å². The van der Waals surface area contributed by atoms with Gasteiger partial charge in [0.05, 0.1) is 19.3 Å². The van der Waals surface area contributed by atoms with Crippen LogP contribution < -0.4 is 5.73 Å². The van der Waals surface area contributed by atoms with Crippen LogP contribution in [0.15, 0.2) is 6.07 Å². The Bertz CT molecular complexity index is 514. The molecule has 1 aromatic rings. The number of nitrogens with zero attached hydrogens (tertiary/aromatic N) is 3. The Morgan fingerprint density at radius 3 is 2.72 bits per heavy atom. The molecule has 5 heteroatoms. The highest BCUT2D eigenvalue weighted by Crippen LogP contribution is 2.53. The second-order valence-electron chi connectivity index (χ2n) is 6.12. The van der Waals surface area contributed by atoms with Gasteiger partial charge in [0, 0.05) is 25.3 Å². The Balaban J connectivity index is 1.87. The molecule has 2 fully saturated rings. The Morgan fingerprint density at radius 1 is 1.56 bits per heavy atom. The first-order valence-corrected chi connectivity index (χ1v) is 6.28. The molecule has 0 amide bonds. The molecule has 1 spiro atoms. The van der Waals surface area contributed by atoms with Crippen LogP contribution in [0.3, 0.4) is 0 Å². The average Bonchev–Trinajstić information content (AvgIpc) is 2.57. The lowest BCUT2D eigenvalue weighted by atomic mass is 9.64. The van der Waals surface area contributed by atoms with Crippen molar-refractivity contribution in [2.45, 2.75) is 38.3 Å². The fourth-order valence-corrected chi connectivity index (χ4v) is 2.95. The van der Waals surface area contributed by atoms with E-state index in [1.165, 1.54) is 0 Å². The Morgan fingerprint density at radius 2 is 2.22 bits per heavy atom. The zero-order chi connectivity index (χ0) is 13.0. The number of rotatable bonds is 2. The SMILES string of the molecule is [C-]#[N+]C(C)(C)c1cc(N)nn1C1CC2(COC2)C1. The molecule has 1 aliphatic heterocycles. The second kappa shape index (κ2) is 3.48. The minimum Gasteiger partial charge on any atom is -0.382 e. The van der Waals surface area contributed by atoms with Gasteiger partial charge in [0.15, 0.2) is 0 Å². The summed E-state index contributed by atoms with van der Waals surface area (Å²) >= 11 is 0. The predicted molar refractivity (Wildman–Crippen MR) is 67.8 cm³/mol. The summed E-state index contributed by atoms with van der Waals surface area (Å²) in [5, 5.41) is 4.38. The summed E-state index contributed by atoms with van der Waals surface area (Å²) in [5.74, 6) is 0.507. The molecular weight excluding hydrogens is 228 g/mol. The van der Waals surface area contributed by atoms with Crippen LogP contribution in [0.2, 0.25) is 0 Å². The summed E-state index contributed by atoms with van der Waals surface area (Å²) in [6, 6.07) is 2.21. The van der Waals surface area contributed by atoms with Crippen LogP contribution >= 0.6 is 0 Å². The minimum absolute atomic E-state index is 0.377. The van der Waals surface area contributed by atoms with E-state index < -0.39 is 5.54 Å². The van der Waals surface area contributed by atoms with Crippen molar-refractivity contribution < 1.29 is 4.74 Å². The van der Waals surface area contributed by atoms with Crippen LogP contribution in [-0.4, -0.2) is 23.0 Å². The van der Waals surface area contributed by atoms with Crippen molar-refractivity contribution in [3.8, 4) is 0 Å². The Labute approximate surface area is 107 Å². The normalized spacial score (nSPS) is 22.3. The summed E-state index contributed by atoms with van der Waals surface area (Å²) in [6.45, 7) is 12.9. The van der Waals surface area contributed by atoms with E-state index in [-0.39, 0.29) is 0 Å². The van der Waals surface area contributed by atoms with Gasteiger partial charge in [-0.1, -0.05) is 0 Å². The molecule has 0 bridgehead atoms. The number of hydrogen-bond donors (Lipinski definition) is 1. The van der Waals surface area contributed by atoms with Gasteiger partial charge in [-0.05, 0) is 12.8 Å². The molecule has 2 heterocycles. The molecule has 1 aromatic heterocycles. The molecule has 2 N–H and O–H groups in total. The molecule has 1 saturated heterocycles. The lowest BCUT2D eigenvalue weighted by molar-refractivity contribution is -0.176. The van der Waals surface area contributed by atoms with Gasteiger partial charge in [-0.2, -0.15) is 5.10 Å². The van der Waals surface area contributed by atoms with Crippen molar-refractivity contribution in [3.05, 3.63) is 23.2 Å². The maximum atomic E-state index is 7.31. The maximum Gasteiger partial charge on any atom is 0.268 e. The first kappa shape index (κ1) is 11.5. The predicted octanol–water partition coefficient (Wildman–Crippen LogP) is 1.97. The molecule has 96 valence electrons. The monoisotopic (exact) mass is 246 g/mol. The zero-order valence-electron chi connectivity index (χ0n) is 10.8. The highest BCUT2D eigenvalue weighted by Gasteiger charge is 2.52. The van der Waals surface area contributed by atoms with Crippen LogP contribution in [0.1, 0.15) is 38.4 Å². The van der Waals surface area contributed by atoms with E-state index in [2.05, 4.69) is 9.94 Å². The van der Waals surface area contributed by atoms with Crippen molar-refractivity contribution >= 4 is 5.82 Å². The van der Waals surface area contributed by atoms with Crippen LogP contribution in [0.5, 0.6) is 0 Å². The number of ether oxygens (including phenoxy) is 1. The van der Waals surface area contributed by atoms with E-state index in [0.29, 0.717) is 17.3 Å². The first-order chi connectivity index (χ1) is 8.46. The van der Waals surface area contributed by atoms with Crippen LogP contribution in [-0.2, 0) is 10.3 Å². The second-order valence-corrected chi connectivity index (χ2v) is 6.12. The van der Waals surface area contributed by atoms with E-state index in [4.69, 9.17) is 17.0 Å². The molecule has 3 rings (SSSR count). The number of aromatic nitrogens is 2. The smallest absolute Gasteiger partial charge is 0.268 e. The van der Waals surface area contributed by atoms with Crippen molar-refractivity contribution in [3.63, 3.8) is 0 Å². The lowest BCUT2D eigenvalue weighted by Crippen LogP contribution is -2.53. The molecule has 2 aliphatic rings. The van der Waals surface area contributed by atoms with Crippen LogP contribution in [0, 0.1) is 12.0 Å². The van der Waals surface area contributed by atoms with Crippen molar-refractivity contribution in [2.75, 3.05) is 18.9 Å². The van der Waals surface area contributed by atoms with E-state index in [1.54, 1.807) is 0 Å². The number of hydrogen-bond acceptors (Lipinski definition) is 3. The highest BCUT2D eigenvalue weighted by atomic mass is 16.5. The quantitative estimate of drug-likeness (QED) is 0.812. The fourth-order valence-electron chi connectivity index (χ4n) is 2.95. The van der Waals surface area contributed by atoms with Crippen LogP contribution in [0.25, 0.3) is 4.85 Å². The molecule has 0 radical (unpaired) electrons. The Hall–Kier alpha value is -1.54.